The van der Waals surface area contributed by atoms with E-state index in [-0.39, 0.29) is 11.9 Å². The van der Waals surface area contributed by atoms with Gasteiger partial charge in [-0.1, -0.05) is 24.3 Å². The van der Waals surface area contributed by atoms with Crippen LogP contribution in [0.15, 0.2) is 24.3 Å². The third kappa shape index (κ3) is 3.96. The van der Waals surface area contributed by atoms with Crippen LogP contribution in [0.2, 0.25) is 0 Å². The number of hydrogen-bond donors (Lipinski definition) is 1. The molecule has 1 aromatic carbocycles. The van der Waals surface area contributed by atoms with Crippen molar-refractivity contribution in [2.24, 2.45) is 5.92 Å². The van der Waals surface area contributed by atoms with Crippen molar-refractivity contribution in [3.05, 3.63) is 35.4 Å². The van der Waals surface area contributed by atoms with E-state index in [0.717, 1.165) is 12.5 Å². The summed E-state index contributed by atoms with van der Waals surface area (Å²) >= 11 is 0. The molecule has 1 amide bonds. The lowest BCUT2D eigenvalue weighted by Gasteiger charge is -2.36. The Hall–Kier alpha value is -1.39. The van der Waals surface area contributed by atoms with Crippen molar-refractivity contribution >= 4 is 5.91 Å². The fourth-order valence-corrected chi connectivity index (χ4v) is 5.22. The van der Waals surface area contributed by atoms with Crippen molar-refractivity contribution in [1.29, 1.82) is 0 Å². The van der Waals surface area contributed by atoms with Crippen LogP contribution in [0, 0.1) is 5.92 Å². The zero-order valence-corrected chi connectivity index (χ0v) is 16.3. The number of fused-ring (bicyclic) bond motifs is 5. The van der Waals surface area contributed by atoms with Gasteiger partial charge in [0.25, 0.3) is 0 Å². The average Bonchev–Trinajstić information content (AvgIpc) is 2.83. The Morgan fingerprint density at radius 1 is 1.08 bits per heavy atom. The van der Waals surface area contributed by atoms with E-state index in [9.17, 15) is 4.79 Å². The molecule has 4 aliphatic rings. The molecule has 4 nitrogen and oxygen atoms in total. The summed E-state index contributed by atoms with van der Waals surface area (Å²) in [6, 6.07) is 10.5. The molecule has 1 N–H and O–H groups in total. The standard InChI is InChI=1S/C22H33N3O/c1-16(2)23-22(26)9-10-24-13-17-7-8-20(24)15-25(14-17)21-11-18-5-3-4-6-19(18)12-21/h3-6,16-17,20-21H,7-15H2,1-2H3,(H,23,26)/t17-,20-/m0/s1. The van der Waals surface area contributed by atoms with E-state index < -0.39 is 0 Å². The molecule has 0 saturated carbocycles. The van der Waals surface area contributed by atoms with Gasteiger partial charge in [-0.15, -0.1) is 0 Å². The topological polar surface area (TPSA) is 35.6 Å². The fraction of sp³-hybridized carbons (Fsp3) is 0.682. The zero-order chi connectivity index (χ0) is 18.1. The molecule has 1 aromatic rings. The zero-order valence-electron chi connectivity index (χ0n) is 16.3. The smallest absolute Gasteiger partial charge is 0.221 e. The number of hydrogen-bond acceptors (Lipinski definition) is 3. The van der Waals surface area contributed by atoms with Crippen molar-refractivity contribution in [1.82, 2.24) is 15.1 Å². The summed E-state index contributed by atoms with van der Waals surface area (Å²) in [5.74, 6) is 0.967. The molecule has 0 unspecified atom stereocenters. The summed E-state index contributed by atoms with van der Waals surface area (Å²) in [4.78, 5) is 17.4. The first-order valence-electron chi connectivity index (χ1n) is 10.4. The van der Waals surface area contributed by atoms with E-state index in [2.05, 4.69) is 39.4 Å². The summed E-state index contributed by atoms with van der Waals surface area (Å²) < 4.78 is 0. The Bertz CT molecular complexity index is 619. The second kappa shape index (κ2) is 7.69. The maximum atomic E-state index is 12.0. The molecule has 3 saturated heterocycles. The molecule has 3 fully saturated rings. The Balaban J connectivity index is 1.36. The number of amides is 1. The van der Waals surface area contributed by atoms with Gasteiger partial charge in [0.15, 0.2) is 0 Å². The van der Waals surface area contributed by atoms with Gasteiger partial charge in [-0.05, 0) is 56.6 Å². The Morgan fingerprint density at radius 2 is 1.81 bits per heavy atom. The van der Waals surface area contributed by atoms with Crippen LogP contribution in [0.25, 0.3) is 0 Å². The van der Waals surface area contributed by atoms with Crippen LogP contribution >= 0.6 is 0 Å². The molecular formula is C22H33N3O. The van der Waals surface area contributed by atoms with E-state index in [1.807, 2.05) is 13.8 Å². The summed E-state index contributed by atoms with van der Waals surface area (Å²) in [5.41, 5.74) is 3.10. The highest BCUT2D eigenvalue weighted by Gasteiger charge is 2.38. The van der Waals surface area contributed by atoms with Crippen LogP contribution in [0.4, 0.5) is 0 Å². The van der Waals surface area contributed by atoms with Crippen LogP contribution in [0.1, 0.15) is 44.2 Å². The van der Waals surface area contributed by atoms with Gasteiger partial charge < -0.3 is 5.32 Å². The van der Waals surface area contributed by atoms with Gasteiger partial charge in [0.05, 0.1) is 0 Å². The second-order valence-corrected chi connectivity index (χ2v) is 8.85. The normalized spacial score (nSPS) is 26.9. The van der Waals surface area contributed by atoms with Crippen molar-refractivity contribution in [3.63, 3.8) is 0 Å². The number of nitrogens with zero attached hydrogens (tertiary/aromatic N) is 2. The summed E-state index contributed by atoms with van der Waals surface area (Å²) in [6.45, 7) is 8.58. The van der Waals surface area contributed by atoms with E-state index in [4.69, 9.17) is 0 Å². The fourth-order valence-electron chi connectivity index (χ4n) is 5.22. The highest BCUT2D eigenvalue weighted by atomic mass is 16.1. The molecule has 26 heavy (non-hydrogen) atoms. The second-order valence-electron chi connectivity index (χ2n) is 8.85. The first-order valence-corrected chi connectivity index (χ1v) is 10.4. The van der Waals surface area contributed by atoms with E-state index >= 15 is 0 Å². The predicted octanol–water partition coefficient (Wildman–Crippen LogP) is 2.46. The maximum absolute atomic E-state index is 12.0. The summed E-state index contributed by atoms with van der Waals surface area (Å²) in [7, 11) is 0. The number of benzene rings is 1. The van der Waals surface area contributed by atoms with Gasteiger partial charge in [-0.3, -0.25) is 14.6 Å². The summed E-state index contributed by atoms with van der Waals surface area (Å²) in [6.07, 6.45) is 5.72. The third-order valence-corrected chi connectivity index (χ3v) is 6.48. The van der Waals surface area contributed by atoms with Gasteiger partial charge in [0, 0.05) is 50.7 Å². The van der Waals surface area contributed by atoms with Gasteiger partial charge in [0.2, 0.25) is 5.91 Å². The molecule has 0 aromatic heterocycles. The minimum absolute atomic E-state index is 0.197. The predicted molar refractivity (Wildman–Crippen MR) is 105 cm³/mol. The third-order valence-electron chi connectivity index (χ3n) is 6.48. The first kappa shape index (κ1) is 18.0. The molecule has 2 bridgehead atoms. The number of piperidine rings is 1. The molecule has 142 valence electrons. The Labute approximate surface area is 157 Å². The van der Waals surface area contributed by atoms with Crippen LogP contribution in [0.3, 0.4) is 0 Å². The van der Waals surface area contributed by atoms with Crippen LogP contribution in [-0.2, 0) is 17.6 Å². The lowest BCUT2D eigenvalue weighted by atomic mass is 9.95. The molecule has 2 atom stereocenters. The van der Waals surface area contributed by atoms with Gasteiger partial charge >= 0.3 is 0 Å². The molecular weight excluding hydrogens is 322 g/mol. The van der Waals surface area contributed by atoms with E-state index in [0.29, 0.717) is 18.5 Å². The quantitative estimate of drug-likeness (QED) is 0.881. The Morgan fingerprint density at radius 3 is 2.50 bits per heavy atom. The largest absolute Gasteiger partial charge is 0.354 e. The van der Waals surface area contributed by atoms with Gasteiger partial charge in [0.1, 0.15) is 0 Å². The lowest BCUT2D eigenvalue weighted by molar-refractivity contribution is -0.122. The lowest BCUT2D eigenvalue weighted by Crippen LogP contribution is -2.46. The molecule has 3 heterocycles. The van der Waals surface area contributed by atoms with Crippen molar-refractivity contribution in [3.8, 4) is 0 Å². The van der Waals surface area contributed by atoms with E-state index in [1.54, 1.807) is 11.1 Å². The minimum atomic E-state index is 0.197. The maximum Gasteiger partial charge on any atom is 0.221 e. The number of carbonyl (C=O) groups is 1. The molecule has 4 heteroatoms. The van der Waals surface area contributed by atoms with E-state index in [1.165, 1.54) is 45.3 Å². The monoisotopic (exact) mass is 355 g/mol. The van der Waals surface area contributed by atoms with Crippen molar-refractivity contribution in [2.75, 3.05) is 26.2 Å². The first-order chi connectivity index (χ1) is 12.6. The Kier molecular flexibility index (Phi) is 5.32. The molecule has 1 aliphatic carbocycles. The van der Waals surface area contributed by atoms with Crippen molar-refractivity contribution in [2.45, 2.75) is 64.1 Å². The van der Waals surface area contributed by atoms with Crippen LogP contribution < -0.4 is 5.32 Å². The molecule has 0 spiro atoms. The number of rotatable bonds is 5. The number of nitrogens with one attached hydrogen (secondary N) is 1. The van der Waals surface area contributed by atoms with Crippen LogP contribution in [-0.4, -0.2) is 60.0 Å². The highest BCUT2D eigenvalue weighted by Crippen LogP contribution is 2.32. The van der Waals surface area contributed by atoms with Gasteiger partial charge in [-0.2, -0.15) is 0 Å². The summed E-state index contributed by atoms with van der Waals surface area (Å²) in [5, 5.41) is 3.03. The molecule has 3 aliphatic heterocycles. The molecule has 0 radical (unpaired) electrons. The number of carbonyl (C=O) groups excluding carboxylic acids is 1. The van der Waals surface area contributed by atoms with Crippen LogP contribution in [0.5, 0.6) is 0 Å². The average molecular weight is 356 g/mol. The minimum Gasteiger partial charge on any atom is -0.354 e. The molecule has 5 rings (SSSR count). The van der Waals surface area contributed by atoms with Crippen molar-refractivity contribution < 1.29 is 4.79 Å². The van der Waals surface area contributed by atoms with Gasteiger partial charge in [-0.25, -0.2) is 0 Å². The SMILES string of the molecule is CC(C)NC(=O)CCN1C[C@@H]2CC[C@H]1CN(C1Cc3ccccc3C1)C2. The highest BCUT2D eigenvalue weighted by molar-refractivity contribution is 5.76.